The molecule has 2 heterocycles. The Kier molecular flexibility index (Phi) is 6.04. The van der Waals surface area contributed by atoms with Gasteiger partial charge in [0.1, 0.15) is 16.7 Å². The van der Waals surface area contributed by atoms with Gasteiger partial charge in [0.15, 0.2) is 0 Å². The Labute approximate surface area is 207 Å². The minimum atomic E-state index is -0.765. The molecule has 0 fully saturated rings. The summed E-state index contributed by atoms with van der Waals surface area (Å²) in [6.07, 6.45) is 4.08. The van der Waals surface area contributed by atoms with Gasteiger partial charge in [0.05, 0.1) is 5.39 Å². The molecule has 5 rings (SSSR count). The van der Waals surface area contributed by atoms with E-state index < -0.39 is 6.04 Å². The maximum Gasteiger partial charge on any atom is 0.263 e. The molecular formula is C27H26ClN3O2S. The number of anilines is 1. The Morgan fingerprint density at radius 1 is 1.15 bits per heavy atom. The summed E-state index contributed by atoms with van der Waals surface area (Å²) in [6.45, 7) is 5.66. The normalized spacial score (nSPS) is 14.1. The molecule has 5 nitrogen and oxygen atoms in total. The largest absolute Gasteiger partial charge is 0.324 e. The van der Waals surface area contributed by atoms with E-state index >= 15 is 0 Å². The fourth-order valence-corrected chi connectivity index (χ4v) is 6.03. The van der Waals surface area contributed by atoms with Gasteiger partial charge in [-0.1, -0.05) is 41.4 Å². The van der Waals surface area contributed by atoms with E-state index in [1.807, 2.05) is 50.2 Å². The monoisotopic (exact) mass is 491 g/mol. The first kappa shape index (κ1) is 22.8. The van der Waals surface area contributed by atoms with Crippen LogP contribution in [0.2, 0.25) is 5.02 Å². The van der Waals surface area contributed by atoms with Gasteiger partial charge in [-0.05, 0) is 75.8 Å². The molecule has 0 aliphatic heterocycles. The van der Waals surface area contributed by atoms with Crippen LogP contribution in [0.1, 0.15) is 47.4 Å². The Balaban J connectivity index is 1.66. The smallest absolute Gasteiger partial charge is 0.263 e. The molecule has 2 aromatic heterocycles. The number of aryl methyl sites for hydroxylation is 4. The summed E-state index contributed by atoms with van der Waals surface area (Å²) in [5.74, 6) is 0.227. The van der Waals surface area contributed by atoms with Gasteiger partial charge in [0, 0.05) is 21.2 Å². The van der Waals surface area contributed by atoms with E-state index in [-0.39, 0.29) is 11.5 Å². The summed E-state index contributed by atoms with van der Waals surface area (Å²) in [7, 11) is 0. The molecular weight excluding hydrogens is 466 g/mol. The molecule has 1 atom stereocenters. The summed E-state index contributed by atoms with van der Waals surface area (Å²) in [4.78, 5) is 34.3. The first-order valence-corrected chi connectivity index (χ1v) is 12.7. The number of aromatic nitrogens is 2. The zero-order chi connectivity index (χ0) is 24.0. The molecule has 4 aromatic rings. The highest BCUT2D eigenvalue weighted by Gasteiger charge is 2.27. The average Bonchev–Trinajstić information content (AvgIpc) is 3.20. The minimum absolute atomic E-state index is 0.148. The van der Waals surface area contributed by atoms with Crippen molar-refractivity contribution >= 4 is 44.7 Å². The van der Waals surface area contributed by atoms with Gasteiger partial charge < -0.3 is 5.32 Å². The Hall–Kier alpha value is -2.96. The maximum atomic E-state index is 14.0. The van der Waals surface area contributed by atoms with Crippen molar-refractivity contribution in [3.63, 3.8) is 0 Å². The van der Waals surface area contributed by atoms with E-state index in [4.69, 9.17) is 16.6 Å². The Morgan fingerprint density at radius 3 is 2.71 bits per heavy atom. The lowest BCUT2D eigenvalue weighted by Crippen LogP contribution is -2.33. The zero-order valence-corrected chi connectivity index (χ0v) is 21.0. The molecule has 1 aliphatic carbocycles. The maximum absolute atomic E-state index is 14.0. The van der Waals surface area contributed by atoms with Gasteiger partial charge in [-0.2, -0.15) is 0 Å². The van der Waals surface area contributed by atoms with Crippen LogP contribution in [0.25, 0.3) is 21.6 Å². The SMILES string of the molecule is Cc1cccc(-c2nc3sc4c(c3c(=O)n2C(C)C(=O)Nc2ccc(C)c(Cl)c2)CCCC4)c1. The van der Waals surface area contributed by atoms with Crippen LogP contribution in [0.5, 0.6) is 0 Å². The highest BCUT2D eigenvalue weighted by Crippen LogP contribution is 2.35. The van der Waals surface area contributed by atoms with Crippen molar-refractivity contribution in [3.8, 4) is 11.4 Å². The molecule has 1 unspecified atom stereocenters. The topological polar surface area (TPSA) is 64.0 Å². The van der Waals surface area contributed by atoms with E-state index in [9.17, 15) is 9.59 Å². The van der Waals surface area contributed by atoms with Crippen molar-refractivity contribution in [3.05, 3.63) is 79.4 Å². The average molecular weight is 492 g/mol. The lowest BCUT2D eigenvalue weighted by molar-refractivity contribution is -0.118. The summed E-state index contributed by atoms with van der Waals surface area (Å²) in [5.41, 5.74) is 4.39. The molecule has 34 heavy (non-hydrogen) atoms. The second kappa shape index (κ2) is 9.01. The summed E-state index contributed by atoms with van der Waals surface area (Å²) in [5, 5.41) is 4.18. The van der Waals surface area contributed by atoms with Gasteiger partial charge in [-0.15, -0.1) is 11.3 Å². The number of amides is 1. The summed E-state index contributed by atoms with van der Waals surface area (Å²) < 4.78 is 1.56. The second-order valence-corrected chi connectivity index (χ2v) is 10.5. The van der Waals surface area contributed by atoms with Crippen LogP contribution >= 0.6 is 22.9 Å². The second-order valence-electron chi connectivity index (χ2n) is 9.00. The van der Waals surface area contributed by atoms with Crippen LogP contribution in [0.3, 0.4) is 0 Å². The number of halogens is 1. The third-order valence-electron chi connectivity index (χ3n) is 6.50. The van der Waals surface area contributed by atoms with Crippen LogP contribution in [-0.4, -0.2) is 15.5 Å². The van der Waals surface area contributed by atoms with Crippen LogP contribution in [-0.2, 0) is 17.6 Å². The third kappa shape index (κ3) is 4.05. The lowest BCUT2D eigenvalue weighted by Gasteiger charge is -2.20. The quantitative estimate of drug-likeness (QED) is 0.355. The fourth-order valence-electron chi connectivity index (χ4n) is 4.60. The molecule has 7 heteroatoms. The summed E-state index contributed by atoms with van der Waals surface area (Å²) >= 11 is 7.87. The number of nitrogens with one attached hydrogen (secondary N) is 1. The zero-order valence-electron chi connectivity index (χ0n) is 19.4. The predicted molar refractivity (Wildman–Crippen MR) is 140 cm³/mol. The van der Waals surface area contributed by atoms with Crippen LogP contribution < -0.4 is 10.9 Å². The number of hydrogen-bond donors (Lipinski definition) is 1. The van der Waals surface area contributed by atoms with E-state index in [1.165, 1.54) is 4.88 Å². The molecule has 174 valence electrons. The highest BCUT2D eigenvalue weighted by molar-refractivity contribution is 7.18. The van der Waals surface area contributed by atoms with E-state index in [0.717, 1.165) is 52.8 Å². The number of thiophene rings is 1. The number of rotatable bonds is 4. The first-order valence-electron chi connectivity index (χ1n) is 11.5. The fraction of sp³-hybridized carbons (Fsp3) is 0.296. The molecule has 0 saturated carbocycles. The number of nitrogens with zero attached hydrogens (tertiary/aromatic N) is 2. The number of hydrogen-bond acceptors (Lipinski definition) is 4. The molecule has 0 bridgehead atoms. The molecule has 1 N–H and O–H groups in total. The first-order chi connectivity index (χ1) is 16.3. The van der Waals surface area contributed by atoms with E-state index in [1.54, 1.807) is 28.9 Å². The molecule has 1 aliphatic rings. The highest BCUT2D eigenvalue weighted by atomic mass is 35.5. The van der Waals surface area contributed by atoms with Gasteiger partial charge in [0.25, 0.3) is 5.56 Å². The van der Waals surface area contributed by atoms with Crippen LogP contribution in [0, 0.1) is 13.8 Å². The van der Waals surface area contributed by atoms with Crippen molar-refractivity contribution in [2.24, 2.45) is 0 Å². The van der Waals surface area contributed by atoms with E-state index in [0.29, 0.717) is 21.9 Å². The third-order valence-corrected chi connectivity index (χ3v) is 8.10. The molecule has 0 radical (unpaired) electrons. The van der Waals surface area contributed by atoms with Crippen molar-refractivity contribution in [1.29, 1.82) is 0 Å². The van der Waals surface area contributed by atoms with Crippen LogP contribution in [0.15, 0.2) is 47.3 Å². The van der Waals surface area contributed by atoms with Gasteiger partial charge in [-0.3, -0.25) is 14.2 Å². The van der Waals surface area contributed by atoms with Crippen molar-refractivity contribution < 1.29 is 4.79 Å². The summed E-state index contributed by atoms with van der Waals surface area (Å²) in [6, 6.07) is 12.5. The standard InChI is InChI=1S/C27H26ClN3O2S/c1-15-7-6-8-18(13-15)24-30-26-23(20-9-4-5-10-22(20)34-26)27(33)31(24)17(3)25(32)29-19-12-11-16(2)21(28)14-19/h6-8,11-14,17H,4-5,9-10H2,1-3H3,(H,29,32). The number of carbonyl (C=O) groups excluding carboxylic acids is 1. The lowest BCUT2D eigenvalue weighted by atomic mass is 9.97. The van der Waals surface area contributed by atoms with Crippen molar-refractivity contribution in [1.82, 2.24) is 9.55 Å². The molecule has 0 spiro atoms. The van der Waals surface area contributed by atoms with Crippen LogP contribution in [0.4, 0.5) is 5.69 Å². The van der Waals surface area contributed by atoms with Gasteiger partial charge in [-0.25, -0.2) is 4.98 Å². The Bertz CT molecular complexity index is 1490. The van der Waals surface area contributed by atoms with Gasteiger partial charge in [0.2, 0.25) is 5.91 Å². The molecule has 0 saturated heterocycles. The number of benzene rings is 2. The molecule has 1 amide bonds. The van der Waals surface area contributed by atoms with Crippen molar-refractivity contribution in [2.45, 2.75) is 52.5 Å². The number of fused-ring (bicyclic) bond motifs is 3. The van der Waals surface area contributed by atoms with Gasteiger partial charge >= 0.3 is 0 Å². The number of carbonyl (C=O) groups is 1. The van der Waals surface area contributed by atoms with Crippen molar-refractivity contribution in [2.75, 3.05) is 5.32 Å². The predicted octanol–water partition coefficient (Wildman–Crippen LogP) is 6.47. The Morgan fingerprint density at radius 2 is 1.94 bits per heavy atom. The minimum Gasteiger partial charge on any atom is -0.324 e. The molecule has 2 aromatic carbocycles. The van der Waals surface area contributed by atoms with E-state index in [2.05, 4.69) is 5.32 Å².